The molecular formula is C11H15N5O2. The van der Waals surface area contributed by atoms with Crippen LogP contribution in [-0.4, -0.2) is 44.9 Å². The summed E-state index contributed by atoms with van der Waals surface area (Å²) in [6.45, 7) is 1.83. The Morgan fingerprint density at radius 3 is 2.72 bits per heavy atom. The smallest absolute Gasteiger partial charge is 0.339 e. The summed E-state index contributed by atoms with van der Waals surface area (Å²) < 4.78 is 1.64. The Hall–Kier alpha value is -2.15. The molecule has 7 nitrogen and oxygen atoms in total. The molecule has 0 radical (unpaired) electrons. The summed E-state index contributed by atoms with van der Waals surface area (Å²) in [5.74, 6) is -1.02. The van der Waals surface area contributed by atoms with E-state index in [0.29, 0.717) is 11.3 Å². The predicted octanol–water partition coefficient (Wildman–Crippen LogP) is 0.863. The molecular weight excluding hydrogens is 234 g/mol. The molecule has 7 heteroatoms. The van der Waals surface area contributed by atoms with Gasteiger partial charge in [-0.1, -0.05) is 0 Å². The highest BCUT2D eigenvalue weighted by Crippen LogP contribution is 2.28. The summed E-state index contributed by atoms with van der Waals surface area (Å²) >= 11 is 0. The van der Waals surface area contributed by atoms with E-state index in [1.54, 1.807) is 30.8 Å². The van der Waals surface area contributed by atoms with E-state index in [1.807, 2.05) is 6.92 Å². The monoisotopic (exact) mass is 249 g/mol. The van der Waals surface area contributed by atoms with Crippen LogP contribution in [-0.2, 0) is 7.05 Å². The second-order valence-corrected chi connectivity index (χ2v) is 4.27. The zero-order valence-electron chi connectivity index (χ0n) is 10.7. The highest BCUT2D eigenvalue weighted by molar-refractivity contribution is 6.04. The number of aromatic nitrogens is 3. The summed E-state index contributed by atoms with van der Waals surface area (Å²) in [4.78, 5) is 15.4. The lowest BCUT2D eigenvalue weighted by atomic mass is 10.1. The van der Waals surface area contributed by atoms with Crippen LogP contribution in [0.15, 0.2) is 6.20 Å². The largest absolute Gasteiger partial charge is 0.478 e. The first-order chi connectivity index (χ1) is 8.41. The van der Waals surface area contributed by atoms with Crippen molar-refractivity contribution in [2.24, 2.45) is 7.05 Å². The van der Waals surface area contributed by atoms with E-state index in [-0.39, 0.29) is 5.56 Å². The Bertz CT molecular complexity index is 617. The van der Waals surface area contributed by atoms with E-state index in [0.717, 1.165) is 11.1 Å². The zero-order valence-corrected chi connectivity index (χ0v) is 10.7. The van der Waals surface area contributed by atoms with Gasteiger partial charge in [0.2, 0.25) is 0 Å². The average molecular weight is 249 g/mol. The minimum atomic E-state index is -1.02. The summed E-state index contributed by atoms with van der Waals surface area (Å²) in [7, 11) is 5.37. The number of carbonyl (C=O) groups is 1. The Morgan fingerprint density at radius 2 is 2.17 bits per heavy atom. The SMILES string of the molecule is Cc1nn(C)c2ncc(C(=O)O)c(NN(C)C)c12. The van der Waals surface area contributed by atoms with Crippen molar-refractivity contribution >= 4 is 22.7 Å². The van der Waals surface area contributed by atoms with Crippen molar-refractivity contribution in [3.8, 4) is 0 Å². The van der Waals surface area contributed by atoms with Gasteiger partial charge >= 0.3 is 5.97 Å². The number of aryl methyl sites for hydroxylation is 2. The second kappa shape index (κ2) is 4.26. The lowest BCUT2D eigenvalue weighted by molar-refractivity contribution is 0.0697. The number of pyridine rings is 1. The topological polar surface area (TPSA) is 83.3 Å². The van der Waals surface area contributed by atoms with Crippen LogP contribution in [0.1, 0.15) is 16.1 Å². The van der Waals surface area contributed by atoms with E-state index in [2.05, 4.69) is 15.5 Å². The van der Waals surface area contributed by atoms with Crippen molar-refractivity contribution in [3.63, 3.8) is 0 Å². The van der Waals surface area contributed by atoms with Crippen LogP contribution >= 0.6 is 0 Å². The second-order valence-electron chi connectivity index (χ2n) is 4.27. The number of hydrogen-bond acceptors (Lipinski definition) is 5. The molecule has 0 aliphatic heterocycles. The number of hydrogen-bond donors (Lipinski definition) is 2. The molecule has 0 fully saturated rings. The normalized spacial score (nSPS) is 11.2. The Kier molecular flexibility index (Phi) is 2.92. The first kappa shape index (κ1) is 12.3. The van der Waals surface area contributed by atoms with Crippen molar-refractivity contribution in [2.45, 2.75) is 6.92 Å². The summed E-state index contributed by atoms with van der Waals surface area (Å²) in [6, 6.07) is 0. The van der Waals surface area contributed by atoms with Gasteiger partial charge in [0.15, 0.2) is 5.65 Å². The van der Waals surface area contributed by atoms with Gasteiger partial charge < -0.3 is 10.5 Å². The third kappa shape index (κ3) is 1.88. The molecule has 0 atom stereocenters. The van der Waals surface area contributed by atoms with Gasteiger partial charge in [0, 0.05) is 27.3 Å². The molecule has 2 heterocycles. The number of nitrogens with one attached hydrogen (secondary N) is 1. The molecule has 0 saturated heterocycles. The maximum atomic E-state index is 11.2. The van der Waals surface area contributed by atoms with Crippen LogP contribution in [0.25, 0.3) is 11.0 Å². The standard InChI is InChI=1S/C11H15N5O2/c1-6-8-9(14-15(2)3)7(11(17)18)5-12-10(8)16(4)13-6/h5H,1-4H3,(H,12,14)(H,17,18). The Morgan fingerprint density at radius 1 is 1.50 bits per heavy atom. The van der Waals surface area contributed by atoms with Gasteiger partial charge in [-0.05, 0) is 6.92 Å². The molecule has 18 heavy (non-hydrogen) atoms. The molecule has 2 aromatic rings. The number of nitrogens with zero attached hydrogens (tertiary/aromatic N) is 4. The van der Waals surface area contributed by atoms with Crippen molar-refractivity contribution in [2.75, 3.05) is 19.5 Å². The predicted molar refractivity (Wildman–Crippen MR) is 67.5 cm³/mol. The molecule has 2 N–H and O–H groups in total. The first-order valence-electron chi connectivity index (χ1n) is 5.41. The number of carboxylic acid groups (broad SMARTS) is 1. The van der Waals surface area contributed by atoms with Crippen LogP contribution in [0.2, 0.25) is 0 Å². The average Bonchev–Trinajstić information content (AvgIpc) is 2.54. The molecule has 0 bridgehead atoms. The van der Waals surface area contributed by atoms with E-state index in [9.17, 15) is 9.90 Å². The van der Waals surface area contributed by atoms with Crippen LogP contribution in [0.3, 0.4) is 0 Å². The zero-order chi connectivity index (χ0) is 13.4. The molecule has 2 rings (SSSR count). The summed E-state index contributed by atoms with van der Waals surface area (Å²) in [6.07, 6.45) is 1.34. The fourth-order valence-electron chi connectivity index (χ4n) is 1.91. The van der Waals surface area contributed by atoms with Crippen molar-refractivity contribution in [1.82, 2.24) is 19.8 Å². The Balaban J connectivity index is 2.80. The van der Waals surface area contributed by atoms with Crippen LogP contribution in [0.4, 0.5) is 5.69 Å². The number of fused-ring (bicyclic) bond motifs is 1. The Labute approximate surface area is 104 Å². The minimum Gasteiger partial charge on any atom is -0.478 e. The quantitative estimate of drug-likeness (QED) is 0.785. The van der Waals surface area contributed by atoms with E-state index >= 15 is 0 Å². The fourth-order valence-corrected chi connectivity index (χ4v) is 1.91. The molecule has 0 aliphatic rings. The summed E-state index contributed by atoms with van der Waals surface area (Å²) in [5, 5.41) is 15.9. The number of anilines is 1. The fraction of sp³-hybridized carbons (Fsp3) is 0.364. The van der Waals surface area contributed by atoms with E-state index in [4.69, 9.17) is 0 Å². The first-order valence-corrected chi connectivity index (χ1v) is 5.41. The molecule has 2 aromatic heterocycles. The van der Waals surface area contributed by atoms with Crippen LogP contribution < -0.4 is 5.43 Å². The maximum absolute atomic E-state index is 11.2. The minimum absolute atomic E-state index is 0.132. The molecule has 0 aromatic carbocycles. The third-order valence-electron chi connectivity index (χ3n) is 2.59. The number of rotatable bonds is 3. The van der Waals surface area contributed by atoms with Gasteiger partial charge in [-0.15, -0.1) is 0 Å². The van der Waals surface area contributed by atoms with Crippen molar-refractivity contribution < 1.29 is 9.90 Å². The third-order valence-corrected chi connectivity index (χ3v) is 2.59. The number of carboxylic acids is 1. The molecule has 0 spiro atoms. The van der Waals surface area contributed by atoms with Gasteiger partial charge in [-0.25, -0.2) is 14.8 Å². The lowest BCUT2D eigenvalue weighted by Crippen LogP contribution is -2.22. The molecule has 0 amide bonds. The van der Waals surface area contributed by atoms with Gasteiger partial charge in [0.1, 0.15) is 5.56 Å². The van der Waals surface area contributed by atoms with E-state index in [1.165, 1.54) is 6.20 Å². The highest BCUT2D eigenvalue weighted by Gasteiger charge is 2.19. The number of aromatic carboxylic acids is 1. The van der Waals surface area contributed by atoms with Gasteiger partial charge in [0.25, 0.3) is 0 Å². The van der Waals surface area contributed by atoms with Crippen molar-refractivity contribution in [1.29, 1.82) is 0 Å². The van der Waals surface area contributed by atoms with Gasteiger partial charge in [-0.2, -0.15) is 5.10 Å². The van der Waals surface area contributed by atoms with Gasteiger partial charge in [-0.3, -0.25) is 4.68 Å². The molecule has 96 valence electrons. The molecule has 0 saturated carbocycles. The van der Waals surface area contributed by atoms with Crippen molar-refractivity contribution in [3.05, 3.63) is 17.5 Å². The molecule has 0 aliphatic carbocycles. The number of hydrazine groups is 1. The highest BCUT2D eigenvalue weighted by atomic mass is 16.4. The van der Waals surface area contributed by atoms with E-state index < -0.39 is 5.97 Å². The van der Waals surface area contributed by atoms with Crippen LogP contribution in [0.5, 0.6) is 0 Å². The summed E-state index contributed by atoms with van der Waals surface area (Å²) in [5.41, 5.74) is 5.06. The lowest BCUT2D eigenvalue weighted by Gasteiger charge is -2.16. The maximum Gasteiger partial charge on any atom is 0.339 e. The van der Waals surface area contributed by atoms with Gasteiger partial charge in [0.05, 0.1) is 16.8 Å². The van der Waals surface area contributed by atoms with Crippen LogP contribution in [0, 0.1) is 6.92 Å². The molecule has 0 unspecified atom stereocenters.